The fourth-order valence-corrected chi connectivity index (χ4v) is 9.52. The topological polar surface area (TPSA) is 169 Å². The summed E-state index contributed by atoms with van der Waals surface area (Å²) in [4.78, 5) is 80.5. The Morgan fingerprint density at radius 3 is 2.60 bits per heavy atom. The van der Waals surface area contributed by atoms with Crippen LogP contribution in [0.25, 0.3) is 10.9 Å². The lowest BCUT2D eigenvalue weighted by molar-refractivity contribution is -0.173. The molecule has 1 heterocycles. The molecule has 11 heteroatoms. The average molecular weight is 661 g/mol. The standard InChI is InChI=1S/C37H44N2O9/c1-35-14-12-23(40)17-22(35)8-9-25-26-13-15-37(46,36(26,2)18-29(41)33(25)35)30(42)20-48-32(44)11-10-31(43)39-28(34(45)47-3)16-21-19-38-27-7-5-4-6-24(21)27/h4-7,17,19,25-26,28,33,38,46H,8-16,18,20H2,1-3H3,(H,39,43)/t25-,26-,28+,33-,35+,36+,37+/m1/s1. The van der Waals surface area contributed by atoms with Crippen molar-refractivity contribution in [3.05, 3.63) is 47.7 Å². The molecule has 6 rings (SSSR count). The number of Topliss-reactive ketones (excluding diaryl/α,β-unsaturated/α-hetero) is 2. The van der Waals surface area contributed by atoms with Gasteiger partial charge < -0.3 is 24.9 Å². The lowest BCUT2D eigenvalue weighted by Gasteiger charge is -2.57. The number of methoxy groups -OCH3 is 1. The Hall–Kier alpha value is -4.12. The van der Waals surface area contributed by atoms with Gasteiger partial charge in [0.2, 0.25) is 11.7 Å². The average Bonchev–Trinajstić information content (AvgIpc) is 3.59. The molecule has 2 aromatic rings. The Morgan fingerprint density at radius 2 is 1.83 bits per heavy atom. The normalized spacial score (nSPS) is 31.6. The number of fused-ring (bicyclic) bond motifs is 6. The van der Waals surface area contributed by atoms with Crippen LogP contribution in [-0.4, -0.2) is 70.6 Å². The maximum absolute atomic E-state index is 13.8. The lowest BCUT2D eigenvalue weighted by Crippen LogP contribution is -2.61. The van der Waals surface area contributed by atoms with Gasteiger partial charge in [-0.3, -0.25) is 24.0 Å². The first kappa shape index (κ1) is 33.8. The number of aromatic nitrogens is 1. The molecule has 3 N–H and O–H groups in total. The van der Waals surface area contributed by atoms with Crippen molar-refractivity contribution in [3.63, 3.8) is 0 Å². The number of ketones is 3. The SMILES string of the molecule is COC(=O)[C@H](Cc1c[nH]c2ccccc12)NC(=O)CCC(=O)OCC(=O)[C@@]1(O)CC[C@@H]2[C@H]3CCC4=CC(=O)CC[C@]4(C)[C@H]3C(=O)C[C@@]21C. The minimum absolute atomic E-state index is 0.000674. The van der Waals surface area contributed by atoms with Gasteiger partial charge in [-0.25, -0.2) is 4.79 Å². The molecule has 4 aliphatic carbocycles. The highest BCUT2D eigenvalue weighted by molar-refractivity contribution is 5.95. The predicted octanol–water partition coefficient (Wildman–Crippen LogP) is 3.70. The van der Waals surface area contributed by atoms with Crippen molar-refractivity contribution in [1.82, 2.24) is 10.3 Å². The van der Waals surface area contributed by atoms with Gasteiger partial charge in [0.1, 0.15) is 17.4 Å². The van der Waals surface area contributed by atoms with Crippen LogP contribution in [0.2, 0.25) is 0 Å². The fourth-order valence-electron chi connectivity index (χ4n) is 9.52. The number of nitrogens with one attached hydrogen (secondary N) is 2. The first-order valence-corrected chi connectivity index (χ1v) is 16.9. The highest BCUT2D eigenvalue weighted by atomic mass is 16.5. The van der Waals surface area contributed by atoms with Gasteiger partial charge in [0.05, 0.1) is 13.5 Å². The number of aliphatic hydroxyl groups is 1. The molecular formula is C37H44N2O9. The van der Waals surface area contributed by atoms with Crippen molar-refractivity contribution in [3.8, 4) is 0 Å². The maximum atomic E-state index is 13.8. The van der Waals surface area contributed by atoms with Crippen molar-refractivity contribution in [2.75, 3.05) is 13.7 Å². The molecule has 0 bridgehead atoms. The molecule has 3 fully saturated rings. The zero-order valence-corrected chi connectivity index (χ0v) is 27.8. The number of H-pyrrole nitrogens is 1. The number of esters is 2. The number of ether oxygens (including phenoxy) is 2. The predicted molar refractivity (Wildman–Crippen MR) is 173 cm³/mol. The second-order valence-corrected chi connectivity index (χ2v) is 14.6. The molecule has 0 spiro atoms. The van der Waals surface area contributed by atoms with Crippen LogP contribution in [0.4, 0.5) is 0 Å². The van der Waals surface area contributed by atoms with Crippen LogP contribution in [0.5, 0.6) is 0 Å². The Kier molecular flexibility index (Phi) is 8.95. The van der Waals surface area contributed by atoms with Crippen LogP contribution in [0, 0.1) is 28.6 Å². The van der Waals surface area contributed by atoms with E-state index in [-0.39, 0.29) is 66.8 Å². The Labute approximate surface area is 279 Å². The number of carbonyl (C=O) groups is 6. The third-order valence-corrected chi connectivity index (χ3v) is 12.1. The molecule has 7 atom stereocenters. The van der Waals surface area contributed by atoms with Crippen LogP contribution < -0.4 is 5.32 Å². The van der Waals surface area contributed by atoms with Gasteiger partial charge in [-0.2, -0.15) is 0 Å². The lowest BCUT2D eigenvalue weighted by atomic mass is 9.46. The van der Waals surface area contributed by atoms with Gasteiger partial charge in [-0.1, -0.05) is 37.6 Å². The Bertz CT molecular complexity index is 1710. The summed E-state index contributed by atoms with van der Waals surface area (Å²) in [6.45, 7) is 3.24. The second kappa shape index (κ2) is 12.7. The third-order valence-electron chi connectivity index (χ3n) is 12.1. The van der Waals surface area contributed by atoms with Crippen molar-refractivity contribution >= 4 is 46.1 Å². The van der Waals surface area contributed by atoms with Crippen molar-refractivity contribution in [1.29, 1.82) is 0 Å². The van der Waals surface area contributed by atoms with Crippen LogP contribution in [0.15, 0.2) is 42.1 Å². The summed E-state index contributed by atoms with van der Waals surface area (Å²) in [6.07, 6.45) is 6.38. The van der Waals surface area contributed by atoms with Crippen LogP contribution in [-0.2, 0) is 44.7 Å². The van der Waals surface area contributed by atoms with E-state index in [2.05, 4.69) is 17.2 Å². The number of amides is 1. The number of carbonyl (C=O) groups excluding carboxylic acids is 6. The molecule has 3 saturated carbocycles. The zero-order chi connectivity index (χ0) is 34.4. The van der Waals surface area contributed by atoms with Crippen molar-refractivity contribution in [2.24, 2.45) is 28.6 Å². The highest BCUT2D eigenvalue weighted by Gasteiger charge is 2.68. The first-order chi connectivity index (χ1) is 22.8. The molecule has 1 amide bonds. The van der Waals surface area contributed by atoms with Gasteiger partial charge in [-0.05, 0) is 67.1 Å². The molecule has 0 saturated heterocycles. The van der Waals surface area contributed by atoms with E-state index in [1.165, 1.54) is 7.11 Å². The van der Waals surface area contributed by atoms with Crippen LogP contribution >= 0.6 is 0 Å². The van der Waals surface area contributed by atoms with Gasteiger partial charge in [0.15, 0.2) is 12.4 Å². The van der Waals surface area contributed by atoms with Crippen molar-refractivity contribution in [2.45, 2.75) is 89.7 Å². The summed E-state index contributed by atoms with van der Waals surface area (Å²) >= 11 is 0. The molecule has 256 valence electrons. The van der Waals surface area contributed by atoms with E-state index in [0.29, 0.717) is 19.3 Å². The van der Waals surface area contributed by atoms with Gasteiger partial charge in [0.25, 0.3) is 0 Å². The molecule has 0 aliphatic heterocycles. The van der Waals surface area contributed by atoms with Gasteiger partial charge in [-0.15, -0.1) is 0 Å². The molecule has 4 aliphatic rings. The van der Waals surface area contributed by atoms with Gasteiger partial charge in [0, 0.05) is 54.1 Å². The zero-order valence-electron chi connectivity index (χ0n) is 27.8. The van der Waals surface area contributed by atoms with E-state index in [0.717, 1.165) is 34.9 Å². The number of para-hydroxylation sites is 1. The van der Waals surface area contributed by atoms with E-state index in [9.17, 15) is 33.9 Å². The van der Waals surface area contributed by atoms with Gasteiger partial charge >= 0.3 is 11.9 Å². The summed E-state index contributed by atoms with van der Waals surface area (Å²) in [7, 11) is 1.23. The highest BCUT2D eigenvalue weighted by Crippen LogP contribution is 2.66. The largest absolute Gasteiger partial charge is 0.467 e. The molecule has 48 heavy (non-hydrogen) atoms. The number of allylic oxidation sites excluding steroid dienone is 1. The smallest absolute Gasteiger partial charge is 0.328 e. The minimum Gasteiger partial charge on any atom is -0.467 e. The Balaban J connectivity index is 1.04. The first-order valence-electron chi connectivity index (χ1n) is 16.9. The molecular weight excluding hydrogens is 616 g/mol. The quantitative estimate of drug-likeness (QED) is 0.322. The Morgan fingerprint density at radius 1 is 1.06 bits per heavy atom. The van der Waals surface area contributed by atoms with E-state index in [4.69, 9.17) is 9.47 Å². The van der Waals surface area contributed by atoms with Crippen LogP contribution in [0.3, 0.4) is 0 Å². The van der Waals surface area contributed by atoms with E-state index >= 15 is 0 Å². The van der Waals surface area contributed by atoms with Crippen molar-refractivity contribution < 1.29 is 43.3 Å². The molecule has 0 radical (unpaired) electrons. The summed E-state index contributed by atoms with van der Waals surface area (Å²) in [5.41, 5.74) is -0.439. The van der Waals surface area contributed by atoms with E-state index < -0.39 is 47.3 Å². The third kappa shape index (κ3) is 5.69. The number of rotatable bonds is 10. The summed E-state index contributed by atoms with van der Waals surface area (Å²) < 4.78 is 10.1. The summed E-state index contributed by atoms with van der Waals surface area (Å²) in [6, 6.07) is 6.60. The van der Waals surface area contributed by atoms with E-state index in [1.54, 1.807) is 12.3 Å². The number of benzene rings is 1. The fraction of sp³-hybridized carbons (Fsp3) is 0.568. The number of hydrogen-bond acceptors (Lipinski definition) is 9. The van der Waals surface area contributed by atoms with E-state index in [1.807, 2.05) is 31.2 Å². The number of hydrogen-bond donors (Lipinski definition) is 3. The molecule has 1 aromatic carbocycles. The molecule has 11 nitrogen and oxygen atoms in total. The summed E-state index contributed by atoms with van der Waals surface area (Å²) in [5, 5.41) is 15.4. The minimum atomic E-state index is -1.83. The maximum Gasteiger partial charge on any atom is 0.328 e. The monoisotopic (exact) mass is 660 g/mol. The molecule has 0 unspecified atom stereocenters. The molecule has 1 aromatic heterocycles. The number of aromatic amines is 1. The summed E-state index contributed by atoms with van der Waals surface area (Å²) in [5.74, 6) is -2.80. The van der Waals surface area contributed by atoms with Crippen LogP contribution in [0.1, 0.15) is 77.2 Å². The second-order valence-electron chi connectivity index (χ2n) is 14.6.